The van der Waals surface area contributed by atoms with Gasteiger partial charge in [0.25, 0.3) is 11.8 Å². The van der Waals surface area contributed by atoms with Crippen molar-refractivity contribution >= 4 is 23.6 Å². The fraction of sp³-hybridized carbons (Fsp3) is 0.364. The SMILES string of the molecule is COc1ccc2cc1Oc1cccc(OC)c1CNC(=O)[C@@H](C(C)C)NC(=O)CN(C(=O)c1ccncc1F)CCCCNC2=O. The van der Waals surface area contributed by atoms with Gasteiger partial charge in [-0.15, -0.1) is 0 Å². The van der Waals surface area contributed by atoms with Crippen molar-refractivity contribution in [2.24, 2.45) is 5.92 Å². The van der Waals surface area contributed by atoms with Crippen LogP contribution in [0, 0.1) is 11.7 Å². The van der Waals surface area contributed by atoms with E-state index >= 15 is 0 Å². The van der Waals surface area contributed by atoms with Crippen molar-refractivity contribution in [3.63, 3.8) is 0 Å². The van der Waals surface area contributed by atoms with E-state index < -0.39 is 36.1 Å². The topological polar surface area (TPSA) is 148 Å². The molecule has 0 aliphatic carbocycles. The monoisotopic (exact) mass is 635 g/mol. The van der Waals surface area contributed by atoms with E-state index in [4.69, 9.17) is 14.2 Å². The molecule has 0 spiro atoms. The number of pyridine rings is 1. The van der Waals surface area contributed by atoms with Crippen molar-refractivity contribution in [1.29, 1.82) is 0 Å². The van der Waals surface area contributed by atoms with Gasteiger partial charge in [0, 0.05) is 24.8 Å². The van der Waals surface area contributed by atoms with E-state index in [1.807, 2.05) is 0 Å². The first-order chi connectivity index (χ1) is 22.1. The molecule has 3 aromatic rings. The fourth-order valence-corrected chi connectivity index (χ4v) is 4.94. The number of nitrogens with one attached hydrogen (secondary N) is 3. The smallest absolute Gasteiger partial charge is 0.257 e. The van der Waals surface area contributed by atoms with Crippen LogP contribution in [0.2, 0.25) is 0 Å². The van der Waals surface area contributed by atoms with Crippen LogP contribution in [0.3, 0.4) is 0 Å². The lowest BCUT2D eigenvalue weighted by molar-refractivity contribution is -0.130. The number of hydrogen-bond donors (Lipinski definition) is 3. The summed E-state index contributed by atoms with van der Waals surface area (Å²) in [4.78, 5) is 57.9. The summed E-state index contributed by atoms with van der Waals surface area (Å²) in [6, 6.07) is 10.2. The highest BCUT2D eigenvalue weighted by Crippen LogP contribution is 2.37. The minimum atomic E-state index is -0.946. The van der Waals surface area contributed by atoms with Crippen LogP contribution < -0.4 is 30.2 Å². The lowest BCUT2D eigenvalue weighted by Crippen LogP contribution is -2.52. The molecule has 13 heteroatoms. The summed E-state index contributed by atoms with van der Waals surface area (Å²) in [7, 11) is 2.97. The number of carbonyl (C=O) groups is 4. The standard InChI is InChI=1S/C33H38FN5O7/c1-20(2)30-32(42)37-17-23-25(44-3)8-7-9-26(23)46-28-16-21(10-11-27(28)45-4)31(41)36-13-5-6-15-39(19-29(40)38-30)33(43)22-12-14-35-18-24(22)34/h7-12,14,16,18,20,30H,5-6,13,15,17,19H2,1-4H3,(H,36,41)(H,37,42)(H,38,40)/t30-/m1/s1. The van der Waals surface area contributed by atoms with Crippen LogP contribution in [0.5, 0.6) is 23.0 Å². The number of hydrogen-bond acceptors (Lipinski definition) is 8. The van der Waals surface area contributed by atoms with E-state index in [0.717, 1.165) is 6.20 Å². The molecule has 2 heterocycles. The van der Waals surface area contributed by atoms with Gasteiger partial charge >= 0.3 is 0 Å². The second-order valence-electron chi connectivity index (χ2n) is 11.0. The normalized spacial score (nSPS) is 16.7. The van der Waals surface area contributed by atoms with E-state index in [-0.39, 0.29) is 42.8 Å². The highest BCUT2D eigenvalue weighted by Gasteiger charge is 2.28. The Morgan fingerprint density at radius 3 is 2.52 bits per heavy atom. The Hall–Kier alpha value is -5.20. The summed E-state index contributed by atoms with van der Waals surface area (Å²) >= 11 is 0. The van der Waals surface area contributed by atoms with Crippen LogP contribution >= 0.6 is 0 Å². The molecule has 0 saturated carbocycles. The Morgan fingerprint density at radius 2 is 1.80 bits per heavy atom. The van der Waals surface area contributed by atoms with Gasteiger partial charge in [-0.25, -0.2) is 4.39 Å². The molecule has 46 heavy (non-hydrogen) atoms. The zero-order valence-electron chi connectivity index (χ0n) is 26.2. The molecule has 0 saturated heterocycles. The maximum atomic E-state index is 14.5. The van der Waals surface area contributed by atoms with Crippen LogP contribution in [0.4, 0.5) is 4.39 Å². The van der Waals surface area contributed by atoms with Crippen molar-refractivity contribution in [2.75, 3.05) is 33.9 Å². The molecule has 1 aromatic heterocycles. The summed E-state index contributed by atoms with van der Waals surface area (Å²) in [5.74, 6) is -1.78. The Labute approximate surface area is 266 Å². The second kappa shape index (κ2) is 15.7. The molecule has 2 aromatic carbocycles. The van der Waals surface area contributed by atoms with Crippen molar-refractivity contribution in [3.05, 3.63) is 77.4 Å². The lowest BCUT2D eigenvalue weighted by Gasteiger charge is -2.26. The van der Waals surface area contributed by atoms with Gasteiger partial charge in [0.2, 0.25) is 11.8 Å². The number of fused-ring (bicyclic) bond motifs is 3. The first-order valence-electron chi connectivity index (χ1n) is 14.9. The van der Waals surface area contributed by atoms with E-state index in [1.54, 1.807) is 50.2 Å². The van der Waals surface area contributed by atoms with Crippen LogP contribution in [-0.2, 0) is 16.1 Å². The van der Waals surface area contributed by atoms with Gasteiger partial charge in [0.15, 0.2) is 17.3 Å². The van der Waals surface area contributed by atoms with E-state index in [9.17, 15) is 23.6 Å². The number of halogens is 1. The average molecular weight is 636 g/mol. The minimum absolute atomic E-state index is 0.0221. The highest BCUT2D eigenvalue weighted by atomic mass is 19.1. The third-order valence-electron chi connectivity index (χ3n) is 7.43. The van der Waals surface area contributed by atoms with Crippen LogP contribution in [-0.4, -0.2) is 73.4 Å². The number of rotatable bonds is 4. The third kappa shape index (κ3) is 8.29. The zero-order chi connectivity index (χ0) is 33.2. The number of carbonyl (C=O) groups excluding carboxylic acids is 4. The number of nitrogens with zero attached hydrogens (tertiary/aromatic N) is 2. The molecule has 0 unspecified atom stereocenters. The van der Waals surface area contributed by atoms with Gasteiger partial charge in [-0.05, 0) is 55.2 Å². The highest BCUT2D eigenvalue weighted by molar-refractivity contribution is 5.97. The molecule has 244 valence electrons. The second-order valence-corrected chi connectivity index (χ2v) is 11.0. The number of aromatic nitrogens is 1. The van der Waals surface area contributed by atoms with E-state index in [2.05, 4.69) is 20.9 Å². The maximum Gasteiger partial charge on any atom is 0.257 e. The van der Waals surface area contributed by atoms with Gasteiger partial charge in [0.05, 0.1) is 44.6 Å². The molecular formula is C33H38FN5O7. The van der Waals surface area contributed by atoms with Crippen molar-refractivity contribution in [2.45, 2.75) is 39.3 Å². The summed E-state index contributed by atoms with van der Waals surface area (Å²) in [6.45, 7) is 3.50. The van der Waals surface area contributed by atoms with Gasteiger partial charge in [-0.3, -0.25) is 24.2 Å². The predicted molar refractivity (Wildman–Crippen MR) is 166 cm³/mol. The number of methoxy groups -OCH3 is 2. The zero-order valence-corrected chi connectivity index (χ0v) is 26.2. The molecule has 0 fully saturated rings. The first-order valence-corrected chi connectivity index (χ1v) is 14.9. The van der Waals surface area contributed by atoms with Crippen LogP contribution in [0.25, 0.3) is 0 Å². The molecular weight excluding hydrogens is 597 g/mol. The van der Waals surface area contributed by atoms with Gasteiger partial charge in [0.1, 0.15) is 17.5 Å². The first kappa shape index (κ1) is 33.7. The average Bonchev–Trinajstić information content (AvgIpc) is 3.04. The maximum absolute atomic E-state index is 14.5. The fourth-order valence-electron chi connectivity index (χ4n) is 4.94. The van der Waals surface area contributed by atoms with Crippen molar-refractivity contribution in [1.82, 2.24) is 25.8 Å². The summed E-state index contributed by atoms with van der Waals surface area (Å²) in [6.07, 6.45) is 3.08. The number of amides is 4. The van der Waals surface area contributed by atoms with Crippen LogP contribution in [0.15, 0.2) is 54.9 Å². The summed E-state index contributed by atoms with van der Waals surface area (Å²) in [5.41, 5.74) is 0.605. The number of ether oxygens (including phenoxy) is 3. The summed E-state index contributed by atoms with van der Waals surface area (Å²) < 4.78 is 31.7. The van der Waals surface area contributed by atoms with Gasteiger partial charge in [-0.2, -0.15) is 0 Å². The van der Waals surface area contributed by atoms with Gasteiger partial charge in [-0.1, -0.05) is 19.9 Å². The Morgan fingerprint density at radius 1 is 1.02 bits per heavy atom. The Balaban J connectivity index is 1.68. The number of benzene rings is 2. The molecule has 2 bridgehead atoms. The van der Waals surface area contributed by atoms with Crippen LogP contribution in [0.1, 0.15) is 53.0 Å². The molecule has 3 N–H and O–H groups in total. The van der Waals surface area contributed by atoms with Crippen molar-refractivity contribution in [3.8, 4) is 23.0 Å². The summed E-state index contributed by atoms with van der Waals surface area (Å²) in [5, 5.41) is 8.43. The Kier molecular flexibility index (Phi) is 11.5. The largest absolute Gasteiger partial charge is 0.496 e. The molecule has 4 rings (SSSR count). The quantitative estimate of drug-likeness (QED) is 0.395. The third-order valence-corrected chi connectivity index (χ3v) is 7.43. The predicted octanol–water partition coefficient (Wildman–Crippen LogP) is 3.45. The molecule has 12 nitrogen and oxygen atoms in total. The van der Waals surface area contributed by atoms with E-state index in [0.29, 0.717) is 41.2 Å². The molecule has 1 atom stereocenters. The molecule has 4 amide bonds. The van der Waals surface area contributed by atoms with Gasteiger partial charge < -0.3 is 35.1 Å². The molecule has 1 aliphatic heterocycles. The van der Waals surface area contributed by atoms with Crippen molar-refractivity contribution < 1.29 is 37.8 Å². The lowest BCUT2D eigenvalue weighted by atomic mass is 10.0. The van der Waals surface area contributed by atoms with E-state index in [1.165, 1.54) is 31.4 Å². The Bertz CT molecular complexity index is 1580. The molecule has 0 radical (unpaired) electrons. The minimum Gasteiger partial charge on any atom is -0.496 e. The molecule has 1 aliphatic rings.